The third-order valence-electron chi connectivity index (χ3n) is 2.46. The fourth-order valence-electron chi connectivity index (χ4n) is 1.68. The van der Waals surface area contributed by atoms with Gasteiger partial charge in [-0.25, -0.2) is 0 Å². The number of tetrazole rings is 1. The molecule has 0 unspecified atom stereocenters. The number of carbonyl (C=O) groups excluding carboxylic acids is 1. The quantitative estimate of drug-likeness (QED) is 0.696. The summed E-state index contributed by atoms with van der Waals surface area (Å²) >= 11 is 0. The molecule has 0 spiro atoms. The van der Waals surface area contributed by atoms with Crippen molar-refractivity contribution < 1.29 is 4.79 Å². The molecule has 1 aromatic carbocycles. The molecule has 0 fully saturated rings. The molecular weight excluding hydrogens is 232 g/mol. The zero-order valence-electron chi connectivity index (χ0n) is 9.16. The summed E-state index contributed by atoms with van der Waals surface area (Å²) in [6.07, 6.45) is 1.59. The summed E-state index contributed by atoms with van der Waals surface area (Å²) in [5, 5.41) is 16.3. The number of hydrogen-bond acceptors (Lipinski definition) is 5. The highest BCUT2D eigenvalue weighted by Gasteiger charge is 2.12. The number of aromatic amines is 1. The predicted octanol–water partition coefficient (Wildman–Crippen LogP) is 1.00. The second-order valence-corrected chi connectivity index (χ2v) is 3.57. The van der Waals surface area contributed by atoms with E-state index in [0.717, 1.165) is 10.9 Å². The molecule has 88 valence electrons. The number of carbonyl (C=O) groups is 1. The second-order valence-electron chi connectivity index (χ2n) is 3.57. The standard InChI is InChI=1S/C11H8N6O/c18-10(13-11-14-16-17-15-11)8-5-6-12-9-4-2-1-3-7(8)9/h1-6H,(H2,13,14,15,16,17,18). The largest absolute Gasteiger partial charge is 0.288 e. The Labute approximate surface area is 101 Å². The summed E-state index contributed by atoms with van der Waals surface area (Å²) in [7, 11) is 0. The Hall–Kier alpha value is -2.83. The number of H-pyrrole nitrogens is 1. The number of fused-ring (bicyclic) bond motifs is 1. The molecule has 0 radical (unpaired) electrons. The Bertz CT molecular complexity index is 688. The van der Waals surface area contributed by atoms with Gasteiger partial charge in [0.25, 0.3) is 11.9 Å². The van der Waals surface area contributed by atoms with Crippen LogP contribution in [0.3, 0.4) is 0 Å². The van der Waals surface area contributed by atoms with E-state index in [1.54, 1.807) is 12.3 Å². The highest BCUT2D eigenvalue weighted by Crippen LogP contribution is 2.16. The van der Waals surface area contributed by atoms with E-state index in [9.17, 15) is 4.79 Å². The lowest BCUT2D eigenvalue weighted by Crippen LogP contribution is -2.13. The van der Waals surface area contributed by atoms with Gasteiger partial charge in [0.05, 0.1) is 11.1 Å². The van der Waals surface area contributed by atoms with Crippen LogP contribution in [0, 0.1) is 0 Å². The molecule has 0 saturated carbocycles. The summed E-state index contributed by atoms with van der Waals surface area (Å²) in [4.78, 5) is 16.3. The third-order valence-corrected chi connectivity index (χ3v) is 2.46. The van der Waals surface area contributed by atoms with Gasteiger partial charge < -0.3 is 0 Å². The maximum absolute atomic E-state index is 12.1. The van der Waals surface area contributed by atoms with Crippen molar-refractivity contribution in [2.45, 2.75) is 0 Å². The summed E-state index contributed by atoms with van der Waals surface area (Å²) in [5.41, 5.74) is 1.28. The van der Waals surface area contributed by atoms with E-state index < -0.39 is 0 Å². The molecule has 2 N–H and O–H groups in total. The molecule has 0 saturated heterocycles. The maximum Gasteiger partial charge on any atom is 0.270 e. The van der Waals surface area contributed by atoms with Crippen molar-refractivity contribution in [3.8, 4) is 0 Å². The first kappa shape index (κ1) is 10.3. The smallest absolute Gasteiger partial charge is 0.270 e. The van der Waals surface area contributed by atoms with Gasteiger partial charge in [0.2, 0.25) is 0 Å². The first-order chi connectivity index (χ1) is 8.84. The number of nitrogens with one attached hydrogen (secondary N) is 2. The molecular formula is C11H8N6O. The number of amides is 1. The van der Waals surface area contributed by atoms with Crippen LogP contribution in [0.4, 0.5) is 5.95 Å². The monoisotopic (exact) mass is 240 g/mol. The van der Waals surface area contributed by atoms with Crippen LogP contribution < -0.4 is 5.32 Å². The molecule has 3 rings (SSSR count). The van der Waals surface area contributed by atoms with Gasteiger partial charge in [-0.05, 0) is 17.3 Å². The number of anilines is 1. The average molecular weight is 240 g/mol. The van der Waals surface area contributed by atoms with Crippen LogP contribution in [0.25, 0.3) is 10.9 Å². The van der Waals surface area contributed by atoms with Gasteiger partial charge in [-0.2, -0.15) is 5.21 Å². The Morgan fingerprint density at radius 3 is 2.94 bits per heavy atom. The number of para-hydroxylation sites is 1. The van der Waals surface area contributed by atoms with Crippen LogP contribution in [0.2, 0.25) is 0 Å². The summed E-state index contributed by atoms with van der Waals surface area (Å²) in [5.74, 6) is -0.157. The summed E-state index contributed by atoms with van der Waals surface area (Å²) in [6, 6.07) is 9.07. The van der Waals surface area contributed by atoms with Crippen molar-refractivity contribution in [1.82, 2.24) is 25.6 Å². The van der Waals surface area contributed by atoms with Gasteiger partial charge in [0.1, 0.15) is 0 Å². The lowest BCUT2D eigenvalue weighted by atomic mass is 10.1. The molecule has 0 atom stereocenters. The van der Waals surface area contributed by atoms with Crippen molar-refractivity contribution in [2.24, 2.45) is 0 Å². The van der Waals surface area contributed by atoms with Gasteiger partial charge >= 0.3 is 0 Å². The number of pyridine rings is 1. The van der Waals surface area contributed by atoms with Crippen LogP contribution in [0.5, 0.6) is 0 Å². The average Bonchev–Trinajstić information content (AvgIpc) is 2.91. The molecule has 3 aromatic rings. The molecule has 0 aliphatic heterocycles. The predicted molar refractivity (Wildman–Crippen MR) is 63.9 cm³/mol. The molecule has 0 aliphatic rings. The minimum absolute atomic E-state index is 0.140. The van der Waals surface area contributed by atoms with Crippen LogP contribution in [-0.4, -0.2) is 31.5 Å². The minimum Gasteiger partial charge on any atom is -0.288 e. The third kappa shape index (κ3) is 1.77. The molecule has 7 heteroatoms. The van der Waals surface area contributed by atoms with E-state index in [-0.39, 0.29) is 11.9 Å². The van der Waals surface area contributed by atoms with Crippen molar-refractivity contribution >= 4 is 22.8 Å². The number of nitrogens with zero attached hydrogens (tertiary/aromatic N) is 4. The fourth-order valence-corrected chi connectivity index (χ4v) is 1.68. The first-order valence-electron chi connectivity index (χ1n) is 5.23. The van der Waals surface area contributed by atoms with Crippen molar-refractivity contribution in [1.29, 1.82) is 0 Å². The minimum atomic E-state index is -0.296. The molecule has 7 nitrogen and oxygen atoms in total. The second kappa shape index (κ2) is 4.21. The lowest BCUT2D eigenvalue weighted by Gasteiger charge is -2.04. The van der Waals surface area contributed by atoms with E-state index in [1.165, 1.54) is 0 Å². The highest BCUT2D eigenvalue weighted by atomic mass is 16.1. The van der Waals surface area contributed by atoms with Crippen molar-refractivity contribution in [3.63, 3.8) is 0 Å². The number of rotatable bonds is 2. The Balaban J connectivity index is 2.01. The number of hydrogen-bond donors (Lipinski definition) is 2. The first-order valence-corrected chi connectivity index (χ1v) is 5.23. The van der Waals surface area contributed by atoms with Crippen LogP contribution >= 0.6 is 0 Å². The molecule has 18 heavy (non-hydrogen) atoms. The van der Waals surface area contributed by atoms with Gasteiger partial charge in [-0.1, -0.05) is 23.3 Å². The van der Waals surface area contributed by atoms with Gasteiger partial charge in [0.15, 0.2) is 0 Å². The zero-order valence-corrected chi connectivity index (χ0v) is 9.16. The van der Waals surface area contributed by atoms with Crippen molar-refractivity contribution in [3.05, 3.63) is 42.1 Å². The fraction of sp³-hybridized carbons (Fsp3) is 0. The zero-order chi connectivity index (χ0) is 12.4. The lowest BCUT2D eigenvalue weighted by molar-refractivity contribution is 0.102. The number of benzene rings is 1. The molecule has 2 heterocycles. The number of aromatic nitrogens is 5. The van der Waals surface area contributed by atoms with Gasteiger partial charge in [-0.3, -0.25) is 15.1 Å². The van der Waals surface area contributed by atoms with E-state index in [0.29, 0.717) is 5.56 Å². The van der Waals surface area contributed by atoms with Crippen LogP contribution in [0.1, 0.15) is 10.4 Å². The molecule has 0 aliphatic carbocycles. The van der Waals surface area contributed by atoms with Gasteiger partial charge in [-0.15, -0.1) is 5.10 Å². The van der Waals surface area contributed by atoms with Crippen LogP contribution in [-0.2, 0) is 0 Å². The van der Waals surface area contributed by atoms with Gasteiger partial charge in [0, 0.05) is 11.6 Å². The van der Waals surface area contributed by atoms with E-state index in [2.05, 4.69) is 30.9 Å². The van der Waals surface area contributed by atoms with Crippen LogP contribution in [0.15, 0.2) is 36.5 Å². The van der Waals surface area contributed by atoms with E-state index in [4.69, 9.17) is 0 Å². The Morgan fingerprint density at radius 1 is 1.22 bits per heavy atom. The SMILES string of the molecule is O=C(Nc1nn[nH]n1)c1ccnc2ccccc12. The van der Waals surface area contributed by atoms with Crippen molar-refractivity contribution in [2.75, 3.05) is 5.32 Å². The topological polar surface area (TPSA) is 96.5 Å². The summed E-state index contributed by atoms with van der Waals surface area (Å²) in [6.45, 7) is 0. The van der Waals surface area contributed by atoms with E-state index >= 15 is 0 Å². The van der Waals surface area contributed by atoms with E-state index in [1.807, 2.05) is 24.3 Å². The normalized spacial score (nSPS) is 10.4. The molecule has 1 amide bonds. The Kier molecular flexibility index (Phi) is 2.41. The molecule has 0 bridgehead atoms. The summed E-state index contributed by atoms with van der Waals surface area (Å²) < 4.78 is 0. The Morgan fingerprint density at radius 2 is 2.11 bits per heavy atom. The molecule has 2 aromatic heterocycles. The maximum atomic E-state index is 12.1. The highest BCUT2D eigenvalue weighted by molar-refractivity contribution is 6.11.